The van der Waals surface area contributed by atoms with E-state index >= 15 is 0 Å². The van der Waals surface area contributed by atoms with E-state index in [2.05, 4.69) is 25.6 Å². The highest BCUT2D eigenvalue weighted by molar-refractivity contribution is 5.89. The summed E-state index contributed by atoms with van der Waals surface area (Å²) < 4.78 is 5.66. The lowest BCUT2D eigenvalue weighted by atomic mass is 9.86. The molecule has 1 unspecified atom stereocenters. The molecule has 3 atom stereocenters. The Hall–Kier alpha value is -2.20. The van der Waals surface area contributed by atoms with Crippen LogP contribution in [-0.2, 0) is 0 Å². The quantitative estimate of drug-likeness (QED) is 0.543. The van der Waals surface area contributed by atoms with Crippen molar-refractivity contribution >= 4 is 36.5 Å². The van der Waals surface area contributed by atoms with E-state index in [1.807, 2.05) is 0 Å². The lowest BCUT2D eigenvalue weighted by molar-refractivity contribution is 0.0438. The van der Waals surface area contributed by atoms with E-state index in [4.69, 9.17) is 4.74 Å². The van der Waals surface area contributed by atoms with Crippen LogP contribution in [0.3, 0.4) is 0 Å². The minimum Gasteiger partial charge on any atom is -0.476 e. The number of aliphatic hydroxyl groups excluding tert-OH is 2. The molecule has 2 aromatic rings. The zero-order chi connectivity index (χ0) is 18.4. The monoisotopic (exact) mass is 431 g/mol. The molecule has 1 saturated carbocycles. The van der Waals surface area contributed by atoms with Crippen LogP contribution < -0.4 is 15.4 Å². The number of rotatable bonds is 6. The standard InChI is InChI=1S/C17H21N5O4.2ClH/c23-13-6-17(7-14(13)24,11-26-15-9-19-4-5-20-15)10-21-16(25)22-12-2-1-3-18-8-12;;/h1-5,8-9,13-14,23-24H,6-7,10-11H2,(H2,21,22,25);2*1H/t13-,14+,17?;;. The number of aromatic nitrogens is 3. The van der Waals surface area contributed by atoms with E-state index in [0.29, 0.717) is 24.4 Å². The van der Waals surface area contributed by atoms with Crippen molar-refractivity contribution in [3.8, 4) is 5.88 Å². The summed E-state index contributed by atoms with van der Waals surface area (Å²) in [6.45, 7) is 0.417. The van der Waals surface area contributed by atoms with Gasteiger partial charge in [-0.15, -0.1) is 24.8 Å². The molecule has 0 spiro atoms. The summed E-state index contributed by atoms with van der Waals surface area (Å²) in [5, 5.41) is 25.4. The molecular formula is C17H23Cl2N5O4. The van der Waals surface area contributed by atoms with Gasteiger partial charge in [-0.25, -0.2) is 9.78 Å². The number of halogens is 2. The number of hydrogen-bond donors (Lipinski definition) is 4. The third-order valence-electron chi connectivity index (χ3n) is 4.34. The summed E-state index contributed by atoms with van der Waals surface area (Å²) in [7, 11) is 0. The van der Waals surface area contributed by atoms with Crippen molar-refractivity contribution in [3.63, 3.8) is 0 Å². The van der Waals surface area contributed by atoms with Gasteiger partial charge in [0.1, 0.15) is 0 Å². The molecular weight excluding hydrogens is 409 g/mol. The Labute approximate surface area is 174 Å². The summed E-state index contributed by atoms with van der Waals surface area (Å²) in [5.74, 6) is 0.350. The van der Waals surface area contributed by atoms with Crippen molar-refractivity contribution in [2.45, 2.75) is 25.0 Å². The van der Waals surface area contributed by atoms with Crippen molar-refractivity contribution < 1.29 is 19.7 Å². The number of pyridine rings is 1. The second-order valence-electron chi connectivity index (χ2n) is 6.42. The number of urea groups is 1. The van der Waals surface area contributed by atoms with Gasteiger partial charge in [-0.1, -0.05) is 0 Å². The van der Waals surface area contributed by atoms with Crippen LogP contribution in [0.15, 0.2) is 43.1 Å². The van der Waals surface area contributed by atoms with Crippen molar-refractivity contribution in [2.75, 3.05) is 18.5 Å². The number of nitrogens with zero attached hydrogens (tertiary/aromatic N) is 3. The SMILES string of the molecule is Cl.Cl.O=C(NCC1(COc2cnccn2)C[C@@H](O)[C@@H](O)C1)Nc1cccnc1. The van der Waals surface area contributed by atoms with Gasteiger partial charge in [0, 0.05) is 30.6 Å². The molecule has 4 N–H and O–H groups in total. The van der Waals surface area contributed by atoms with E-state index in [9.17, 15) is 15.0 Å². The van der Waals surface area contributed by atoms with Gasteiger partial charge < -0.3 is 25.6 Å². The highest BCUT2D eigenvalue weighted by atomic mass is 35.5. The number of amides is 2. The van der Waals surface area contributed by atoms with Crippen LogP contribution in [0.25, 0.3) is 0 Å². The fourth-order valence-corrected chi connectivity index (χ4v) is 3.02. The lowest BCUT2D eigenvalue weighted by Crippen LogP contribution is -2.42. The maximum absolute atomic E-state index is 12.1. The van der Waals surface area contributed by atoms with Gasteiger partial charge in [0.25, 0.3) is 0 Å². The van der Waals surface area contributed by atoms with E-state index < -0.39 is 23.7 Å². The number of nitrogens with one attached hydrogen (secondary N) is 2. The fourth-order valence-electron chi connectivity index (χ4n) is 3.02. The lowest BCUT2D eigenvalue weighted by Gasteiger charge is -2.28. The molecule has 1 aliphatic rings. The highest BCUT2D eigenvalue weighted by Crippen LogP contribution is 2.38. The van der Waals surface area contributed by atoms with Crippen LogP contribution in [0.2, 0.25) is 0 Å². The number of carbonyl (C=O) groups excluding carboxylic acids is 1. The van der Waals surface area contributed by atoms with Crippen molar-refractivity contribution in [1.29, 1.82) is 0 Å². The number of anilines is 1. The second kappa shape index (κ2) is 11.0. The van der Waals surface area contributed by atoms with Crippen LogP contribution in [0.4, 0.5) is 10.5 Å². The molecule has 1 fully saturated rings. The molecule has 3 rings (SSSR count). The first-order chi connectivity index (χ1) is 12.6. The van der Waals surface area contributed by atoms with Gasteiger partial charge in [0.05, 0.1) is 36.9 Å². The van der Waals surface area contributed by atoms with E-state index in [-0.39, 0.29) is 38.0 Å². The average molecular weight is 432 g/mol. The first-order valence-corrected chi connectivity index (χ1v) is 8.26. The third-order valence-corrected chi connectivity index (χ3v) is 4.34. The Morgan fingerprint density at radius 3 is 2.46 bits per heavy atom. The van der Waals surface area contributed by atoms with Crippen LogP contribution in [0.1, 0.15) is 12.8 Å². The topological polar surface area (TPSA) is 129 Å². The summed E-state index contributed by atoms with van der Waals surface area (Å²) in [6.07, 6.45) is 6.59. The molecule has 0 radical (unpaired) electrons. The fraction of sp³-hybridized carbons (Fsp3) is 0.412. The molecule has 2 amide bonds. The number of ether oxygens (including phenoxy) is 1. The van der Waals surface area contributed by atoms with Crippen LogP contribution in [0, 0.1) is 5.41 Å². The summed E-state index contributed by atoms with van der Waals surface area (Å²) in [5.41, 5.74) is -0.0378. The molecule has 11 heteroatoms. The zero-order valence-corrected chi connectivity index (χ0v) is 16.5. The minimum atomic E-state index is -0.858. The zero-order valence-electron chi connectivity index (χ0n) is 14.9. The molecule has 0 saturated heterocycles. The number of aliphatic hydroxyl groups is 2. The van der Waals surface area contributed by atoms with Crippen molar-refractivity contribution in [2.24, 2.45) is 5.41 Å². The Balaban J connectivity index is 0.00000196. The van der Waals surface area contributed by atoms with Gasteiger partial charge in [0.15, 0.2) is 0 Å². The molecule has 9 nitrogen and oxygen atoms in total. The number of hydrogen-bond acceptors (Lipinski definition) is 7. The minimum absolute atomic E-state index is 0. The molecule has 2 aromatic heterocycles. The Kier molecular flexibility index (Phi) is 9.33. The highest BCUT2D eigenvalue weighted by Gasteiger charge is 2.45. The van der Waals surface area contributed by atoms with Crippen LogP contribution in [-0.4, -0.2) is 56.6 Å². The van der Waals surface area contributed by atoms with Crippen molar-refractivity contribution in [3.05, 3.63) is 43.1 Å². The maximum atomic E-state index is 12.1. The van der Waals surface area contributed by atoms with Gasteiger partial charge in [-0.3, -0.25) is 9.97 Å². The van der Waals surface area contributed by atoms with Crippen molar-refractivity contribution in [1.82, 2.24) is 20.3 Å². The Morgan fingerprint density at radius 1 is 1.14 bits per heavy atom. The van der Waals surface area contributed by atoms with Crippen LogP contribution >= 0.6 is 24.8 Å². The summed E-state index contributed by atoms with van der Waals surface area (Å²) >= 11 is 0. The average Bonchev–Trinajstić information content (AvgIpc) is 2.95. The molecule has 28 heavy (non-hydrogen) atoms. The molecule has 0 aromatic carbocycles. The molecule has 0 aliphatic heterocycles. The predicted molar refractivity (Wildman–Crippen MR) is 107 cm³/mol. The molecule has 0 bridgehead atoms. The Bertz CT molecular complexity index is 716. The van der Waals surface area contributed by atoms with E-state index in [1.165, 1.54) is 24.8 Å². The second-order valence-corrected chi connectivity index (χ2v) is 6.42. The largest absolute Gasteiger partial charge is 0.476 e. The first-order valence-electron chi connectivity index (χ1n) is 8.26. The predicted octanol–water partition coefficient (Wildman–Crippen LogP) is 1.42. The van der Waals surface area contributed by atoms with Gasteiger partial charge in [0.2, 0.25) is 5.88 Å². The van der Waals surface area contributed by atoms with E-state index in [0.717, 1.165) is 0 Å². The first kappa shape index (κ1) is 23.8. The van der Waals surface area contributed by atoms with Gasteiger partial charge in [-0.05, 0) is 25.0 Å². The molecule has 2 heterocycles. The number of carbonyl (C=O) groups is 1. The Morgan fingerprint density at radius 2 is 1.86 bits per heavy atom. The maximum Gasteiger partial charge on any atom is 0.319 e. The molecule has 154 valence electrons. The summed E-state index contributed by atoms with van der Waals surface area (Å²) in [4.78, 5) is 24.0. The van der Waals surface area contributed by atoms with Crippen LogP contribution in [0.5, 0.6) is 5.88 Å². The summed E-state index contributed by atoms with van der Waals surface area (Å²) in [6, 6.07) is 3.05. The normalized spacial score (nSPS) is 23.1. The van der Waals surface area contributed by atoms with Gasteiger partial charge in [-0.2, -0.15) is 0 Å². The smallest absolute Gasteiger partial charge is 0.319 e. The van der Waals surface area contributed by atoms with E-state index in [1.54, 1.807) is 18.3 Å². The van der Waals surface area contributed by atoms with Gasteiger partial charge >= 0.3 is 6.03 Å². The molecule has 1 aliphatic carbocycles. The third kappa shape index (κ3) is 6.45.